The SMILES string of the molecule is CC1(C)c2cc(-c3ccc(-c4ccc(-c5ccc(-c6c7c(c(-c8ccccc8)c8ccccc68)-c6cccc8cccc-7c68)cc5)cc4)cc3)ccc2-c2ccc(-c3ccc(-c4ccc5ccccc5c4)cc3)cc21. The Kier molecular flexibility index (Phi) is 9.72. The molecule has 350 valence electrons. The first-order valence-electron chi connectivity index (χ1n) is 26.3. The molecule has 0 aliphatic heterocycles. The van der Waals surface area contributed by atoms with Gasteiger partial charge in [-0.05, 0) is 173 Å². The normalized spacial score (nSPS) is 12.8. The average molecular weight is 951 g/mol. The smallest absolute Gasteiger partial charge is 0.0159 e. The largest absolute Gasteiger partial charge is 0.0622 e. The third kappa shape index (κ3) is 6.91. The van der Waals surface area contributed by atoms with E-state index in [-0.39, 0.29) is 5.41 Å². The van der Waals surface area contributed by atoms with Crippen LogP contribution in [0, 0.1) is 0 Å². The molecule has 0 bridgehead atoms. The first kappa shape index (κ1) is 43.2. The maximum atomic E-state index is 2.43. The molecule has 0 fully saturated rings. The van der Waals surface area contributed by atoms with Crippen LogP contribution in [-0.4, -0.2) is 0 Å². The zero-order valence-electron chi connectivity index (χ0n) is 41.9. The number of hydrogen-bond donors (Lipinski definition) is 0. The third-order valence-corrected chi connectivity index (χ3v) is 16.6. The number of rotatable bonds is 7. The molecule has 0 amide bonds. The Hall–Kier alpha value is -9.36. The third-order valence-electron chi connectivity index (χ3n) is 16.6. The van der Waals surface area contributed by atoms with Gasteiger partial charge in [-0.1, -0.05) is 263 Å². The molecule has 2 aliphatic carbocycles. The van der Waals surface area contributed by atoms with Crippen LogP contribution < -0.4 is 0 Å². The fourth-order valence-corrected chi connectivity index (χ4v) is 12.8. The maximum absolute atomic E-state index is 2.43. The molecule has 13 aromatic rings. The van der Waals surface area contributed by atoms with E-state index in [1.807, 2.05) is 0 Å². The molecule has 0 aromatic heterocycles. The summed E-state index contributed by atoms with van der Waals surface area (Å²) in [4.78, 5) is 0. The van der Waals surface area contributed by atoms with Gasteiger partial charge in [-0.15, -0.1) is 0 Å². The Balaban J connectivity index is 0.689. The van der Waals surface area contributed by atoms with Gasteiger partial charge in [-0.25, -0.2) is 0 Å². The van der Waals surface area contributed by atoms with E-state index in [1.165, 1.54) is 155 Å². The fourth-order valence-electron chi connectivity index (χ4n) is 12.8. The van der Waals surface area contributed by atoms with E-state index in [2.05, 4.69) is 281 Å². The van der Waals surface area contributed by atoms with Gasteiger partial charge in [-0.2, -0.15) is 0 Å². The first-order valence-corrected chi connectivity index (χ1v) is 26.3. The van der Waals surface area contributed by atoms with Gasteiger partial charge in [0.1, 0.15) is 0 Å². The highest BCUT2D eigenvalue weighted by molar-refractivity contribution is 6.27. The topological polar surface area (TPSA) is 0 Å². The lowest BCUT2D eigenvalue weighted by molar-refractivity contribution is 0.661. The van der Waals surface area contributed by atoms with Crippen LogP contribution in [0.2, 0.25) is 0 Å². The lowest BCUT2D eigenvalue weighted by Gasteiger charge is -2.22. The Morgan fingerprint density at radius 2 is 0.560 bits per heavy atom. The molecule has 0 radical (unpaired) electrons. The van der Waals surface area contributed by atoms with Crippen LogP contribution in [0.25, 0.3) is 144 Å². The predicted octanol–water partition coefficient (Wildman–Crippen LogP) is 20.8. The van der Waals surface area contributed by atoms with Crippen LogP contribution in [0.4, 0.5) is 0 Å². The molecule has 0 saturated carbocycles. The van der Waals surface area contributed by atoms with Crippen molar-refractivity contribution in [3.05, 3.63) is 278 Å². The number of fused-ring (bicyclic) bond motifs is 8. The van der Waals surface area contributed by atoms with Crippen molar-refractivity contribution < 1.29 is 0 Å². The summed E-state index contributed by atoms with van der Waals surface area (Å²) in [6.07, 6.45) is 0. The first-order chi connectivity index (χ1) is 36.9. The van der Waals surface area contributed by atoms with Gasteiger partial charge < -0.3 is 0 Å². The second-order valence-corrected chi connectivity index (χ2v) is 21.1. The van der Waals surface area contributed by atoms with Crippen LogP contribution >= 0.6 is 0 Å². The van der Waals surface area contributed by atoms with Gasteiger partial charge in [0.2, 0.25) is 0 Å². The van der Waals surface area contributed by atoms with Crippen LogP contribution in [0.15, 0.2) is 267 Å². The van der Waals surface area contributed by atoms with Crippen molar-refractivity contribution in [3.63, 3.8) is 0 Å². The summed E-state index contributed by atoms with van der Waals surface area (Å²) in [5.74, 6) is 0. The summed E-state index contributed by atoms with van der Waals surface area (Å²) in [7, 11) is 0. The molecule has 75 heavy (non-hydrogen) atoms. The van der Waals surface area contributed by atoms with Crippen molar-refractivity contribution in [1.82, 2.24) is 0 Å². The predicted molar refractivity (Wildman–Crippen MR) is 319 cm³/mol. The van der Waals surface area contributed by atoms with Crippen molar-refractivity contribution in [2.75, 3.05) is 0 Å². The minimum atomic E-state index is -0.131. The Labute approximate surface area is 438 Å². The molecule has 0 atom stereocenters. The molecule has 0 unspecified atom stereocenters. The monoisotopic (exact) mass is 950 g/mol. The van der Waals surface area contributed by atoms with Crippen LogP contribution in [-0.2, 0) is 5.41 Å². The van der Waals surface area contributed by atoms with E-state index in [1.54, 1.807) is 0 Å². The quantitative estimate of drug-likeness (QED) is 0.149. The molecule has 0 N–H and O–H groups in total. The molecule has 0 nitrogen and oxygen atoms in total. The molecule has 15 rings (SSSR count). The van der Waals surface area contributed by atoms with Crippen molar-refractivity contribution in [2.45, 2.75) is 19.3 Å². The lowest BCUT2D eigenvalue weighted by Crippen LogP contribution is -2.15. The summed E-state index contributed by atoms with van der Waals surface area (Å²) >= 11 is 0. The molecule has 0 saturated heterocycles. The van der Waals surface area contributed by atoms with Gasteiger partial charge in [0.15, 0.2) is 0 Å². The van der Waals surface area contributed by atoms with Crippen molar-refractivity contribution in [1.29, 1.82) is 0 Å². The zero-order valence-corrected chi connectivity index (χ0v) is 41.9. The standard InChI is InChI=1S/C75H50/c1-75(2)68-45-60(40-42-62(68)63-43-41-61(46-69(63)75)54-32-30-52(31-33-54)59-39-36-47-12-6-7-15-58(47)44-59)53-28-26-50(27-29-53)48-22-24-49(25-23-48)51-34-37-57(38-35-51)72-65-19-9-8-18-64(65)71(56-13-4-3-5-14-56)73-66-20-10-16-55-17-11-21-67(70(55)66)74(72)73/h3-46H,1-2H3. The van der Waals surface area contributed by atoms with Crippen LogP contribution in [0.3, 0.4) is 0 Å². The molecular weight excluding hydrogens is 901 g/mol. The summed E-state index contributed by atoms with van der Waals surface area (Å²) in [5.41, 5.74) is 28.0. The summed E-state index contributed by atoms with van der Waals surface area (Å²) < 4.78 is 0. The number of benzene rings is 13. The summed E-state index contributed by atoms with van der Waals surface area (Å²) in [6.45, 7) is 4.76. The minimum absolute atomic E-state index is 0.131. The van der Waals surface area contributed by atoms with E-state index < -0.39 is 0 Å². The van der Waals surface area contributed by atoms with Crippen LogP contribution in [0.1, 0.15) is 25.0 Å². The zero-order chi connectivity index (χ0) is 49.8. The second-order valence-electron chi connectivity index (χ2n) is 21.1. The Bertz CT molecular complexity index is 4420. The van der Waals surface area contributed by atoms with Gasteiger partial charge in [-0.3, -0.25) is 0 Å². The van der Waals surface area contributed by atoms with E-state index in [9.17, 15) is 0 Å². The van der Waals surface area contributed by atoms with Gasteiger partial charge in [0.05, 0.1) is 0 Å². The molecule has 0 heterocycles. The van der Waals surface area contributed by atoms with E-state index in [4.69, 9.17) is 0 Å². The van der Waals surface area contributed by atoms with E-state index in [0.29, 0.717) is 0 Å². The highest BCUT2D eigenvalue weighted by atomic mass is 14.4. The summed E-state index contributed by atoms with van der Waals surface area (Å²) in [6, 6.07) is 99.5. The molecule has 0 heteroatoms. The van der Waals surface area contributed by atoms with E-state index >= 15 is 0 Å². The highest BCUT2D eigenvalue weighted by Crippen LogP contribution is 2.58. The number of hydrogen-bond acceptors (Lipinski definition) is 0. The van der Waals surface area contributed by atoms with Gasteiger partial charge in [0, 0.05) is 5.41 Å². The molecule has 2 aliphatic rings. The summed E-state index contributed by atoms with van der Waals surface area (Å²) in [5, 5.41) is 7.72. The minimum Gasteiger partial charge on any atom is -0.0622 e. The highest BCUT2D eigenvalue weighted by Gasteiger charge is 2.36. The molecule has 13 aromatic carbocycles. The van der Waals surface area contributed by atoms with Crippen LogP contribution in [0.5, 0.6) is 0 Å². The molecular formula is C75H50. The van der Waals surface area contributed by atoms with E-state index in [0.717, 1.165) is 0 Å². The molecule has 0 spiro atoms. The van der Waals surface area contributed by atoms with Crippen molar-refractivity contribution in [2.24, 2.45) is 0 Å². The fraction of sp³-hybridized carbons (Fsp3) is 0.0400. The Morgan fingerprint density at radius 3 is 1.04 bits per heavy atom. The van der Waals surface area contributed by atoms with Crippen molar-refractivity contribution in [3.8, 4) is 111 Å². The lowest BCUT2D eigenvalue weighted by atomic mass is 9.80. The average Bonchev–Trinajstić information content (AvgIpc) is 3.92. The van der Waals surface area contributed by atoms with Crippen molar-refractivity contribution >= 4 is 32.3 Å². The maximum Gasteiger partial charge on any atom is 0.0159 e. The van der Waals surface area contributed by atoms with Gasteiger partial charge >= 0.3 is 0 Å². The Morgan fingerprint density at radius 1 is 0.213 bits per heavy atom. The second kappa shape index (κ2) is 16.9. The van der Waals surface area contributed by atoms with Gasteiger partial charge in [0.25, 0.3) is 0 Å².